The van der Waals surface area contributed by atoms with Crippen LogP contribution in [0.1, 0.15) is 39.0 Å². The number of piperazine rings is 1. The number of nitrogens with zero attached hydrogens (tertiary/aromatic N) is 1. The molecule has 0 aromatic carbocycles. The first-order chi connectivity index (χ1) is 9.02. The lowest BCUT2D eigenvalue weighted by Gasteiger charge is -2.46. The lowest BCUT2D eigenvalue weighted by Crippen LogP contribution is -2.63. The summed E-state index contributed by atoms with van der Waals surface area (Å²) < 4.78 is 0. The Balaban J connectivity index is 1.98. The molecule has 108 valence electrons. The number of hydrogen-bond acceptors (Lipinski definition) is 3. The van der Waals surface area contributed by atoms with Crippen molar-refractivity contribution in [2.45, 2.75) is 52.1 Å². The van der Waals surface area contributed by atoms with Gasteiger partial charge in [0.15, 0.2) is 0 Å². The van der Waals surface area contributed by atoms with E-state index in [9.17, 15) is 0 Å². The van der Waals surface area contributed by atoms with Crippen LogP contribution < -0.4 is 5.32 Å². The van der Waals surface area contributed by atoms with Crippen molar-refractivity contribution in [3.8, 4) is 0 Å². The molecule has 2 rings (SSSR count). The normalized spacial score (nSPS) is 25.4. The number of nitrogens with one attached hydrogen (secondary N) is 1. The molecule has 19 heavy (non-hydrogen) atoms. The molecule has 1 aliphatic heterocycles. The van der Waals surface area contributed by atoms with Crippen molar-refractivity contribution in [3.63, 3.8) is 0 Å². The molecule has 0 saturated carbocycles. The fourth-order valence-electron chi connectivity index (χ4n) is 2.98. The highest BCUT2D eigenvalue weighted by Gasteiger charge is 2.34. The maximum Gasteiger partial charge on any atom is 0.0252 e. The predicted molar refractivity (Wildman–Crippen MR) is 84.9 cm³/mol. The van der Waals surface area contributed by atoms with E-state index in [0.717, 1.165) is 19.0 Å². The van der Waals surface area contributed by atoms with Crippen molar-refractivity contribution in [2.24, 2.45) is 5.92 Å². The summed E-state index contributed by atoms with van der Waals surface area (Å²) in [5.74, 6) is 0.770. The van der Waals surface area contributed by atoms with E-state index in [4.69, 9.17) is 0 Å². The Morgan fingerprint density at radius 1 is 1.53 bits per heavy atom. The smallest absolute Gasteiger partial charge is 0.0252 e. The van der Waals surface area contributed by atoms with Gasteiger partial charge in [-0.25, -0.2) is 0 Å². The molecule has 2 nitrogen and oxygen atoms in total. The average molecular weight is 280 g/mol. The van der Waals surface area contributed by atoms with Crippen LogP contribution in [0.15, 0.2) is 17.5 Å². The van der Waals surface area contributed by atoms with E-state index in [1.807, 2.05) is 11.3 Å². The van der Waals surface area contributed by atoms with Crippen LogP contribution in [-0.2, 0) is 6.42 Å². The summed E-state index contributed by atoms with van der Waals surface area (Å²) in [5.41, 5.74) is 0.249. The first-order valence-electron chi connectivity index (χ1n) is 7.53. The summed E-state index contributed by atoms with van der Waals surface area (Å²) in [6.07, 6.45) is 2.46. The van der Waals surface area contributed by atoms with Crippen molar-refractivity contribution in [1.82, 2.24) is 10.2 Å². The van der Waals surface area contributed by atoms with Gasteiger partial charge in [-0.05, 0) is 37.6 Å². The third-order valence-corrected chi connectivity index (χ3v) is 5.32. The molecule has 0 spiro atoms. The summed E-state index contributed by atoms with van der Waals surface area (Å²) in [6, 6.07) is 5.11. The van der Waals surface area contributed by atoms with Gasteiger partial charge in [-0.15, -0.1) is 11.3 Å². The molecule has 3 heteroatoms. The molecule has 1 aliphatic rings. The standard InChI is InChI=1S/C16H28N2S/c1-5-13(2)15-11-17-16(3,4)12-18(15)9-8-14-7-6-10-19-14/h6-7,10,13,15,17H,5,8-9,11-12H2,1-4H3. The van der Waals surface area contributed by atoms with Gasteiger partial charge in [0, 0.05) is 36.1 Å². The molecule has 2 heterocycles. The summed E-state index contributed by atoms with van der Waals surface area (Å²) in [7, 11) is 0. The highest BCUT2D eigenvalue weighted by Crippen LogP contribution is 2.23. The van der Waals surface area contributed by atoms with Gasteiger partial charge in [0.25, 0.3) is 0 Å². The quantitative estimate of drug-likeness (QED) is 0.889. The van der Waals surface area contributed by atoms with Crippen LogP contribution in [0.2, 0.25) is 0 Å². The van der Waals surface area contributed by atoms with E-state index < -0.39 is 0 Å². The van der Waals surface area contributed by atoms with Gasteiger partial charge in [0.1, 0.15) is 0 Å². The highest BCUT2D eigenvalue weighted by molar-refractivity contribution is 7.09. The van der Waals surface area contributed by atoms with Gasteiger partial charge in [0.05, 0.1) is 0 Å². The average Bonchev–Trinajstić information content (AvgIpc) is 2.88. The molecule has 2 unspecified atom stereocenters. The monoisotopic (exact) mass is 280 g/mol. The first kappa shape index (κ1) is 15.0. The number of hydrogen-bond donors (Lipinski definition) is 1. The van der Waals surface area contributed by atoms with Crippen molar-refractivity contribution in [1.29, 1.82) is 0 Å². The second-order valence-electron chi connectivity index (χ2n) is 6.52. The third-order valence-electron chi connectivity index (χ3n) is 4.38. The Kier molecular flexibility index (Phi) is 5.04. The van der Waals surface area contributed by atoms with Gasteiger partial charge >= 0.3 is 0 Å². The van der Waals surface area contributed by atoms with Crippen molar-refractivity contribution >= 4 is 11.3 Å². The lowest BCUT2D eigenvalue weighted by molar-refractivity contribution is 0.0649. The Labute approximate surface area is 122 Å². The minimum absolute atomic E-state index is 0.249. The molecule has 0 radical (unpaired) electrons. The van der Waals surface area contributed by atoms with Gasteiger partial charge in [-0.3, -0.25) is 4.90 Å². The molecular weight excluding hydrogens is 252 g/mol. The van der Waals surface area contributed by atoms with Crippen LogP contribution >= 0.6 is 11.3 Å². The van der Waals surface area contributed by atoms with Crippen LogP contribution in [0.3, 0.4) is 0 Å². The highest BCUT2D eigenvalue weighted by atomic mass is 32.1. The van der Waals surface area contributed by atoms with Crippen molar-refractivity contribution in [2.75, 3.05) is 19.6 Å². The zero-order chi connectivity index (χ0) is 13.9. The molecule has 0 aliphatic carbocycles. The number of rotatable bonds is 5. The predicted octanol–water partition coefficient (Wildman–Crippen LogP) is 3.39. The summed E-state index contributed by atoms with van der Waals surface area (Å²) >= 11 is 1.88. The second kappa shape index (κ2) is 6.38. The molecular formula is C16H28N2S. The van der Waals surface area contributed by atoms with Crippen LogP contribution in [0.25, 0.3) is 0 Å². The van der Waals surface area contributed by atoms with Gasteiger partial charge < -0.3 is 5.32 Å². The largest absolute Gasteiger partial charge is 0.309 e. The molecule has 0 bridgehead atoms. The van der Waals surface area contributed by atoms with Crippen LogP contribution in [0.5, 0.6) is 0 Å². The van der Waals surface area contributed by atoms with Gasteiger partial charge in [0.2, 0.25) is 0 Å². The molecule has 1 aromatic heterocycles. The van der Waals surface area contributed by atoms with E-state index in [2.05, 4.69) is 55.4 Å². The molecule has 1 aromatic rings. The van der Waals surface area contributed by atoms with Gasteiger partial charge in [-0.1, -0.05) is 26.3 Å². The minimum atomic E-state index is 0.249. The van der Waals surface area contributed by atoms with E-state index in [0.29, 0.717) is 6.04 Å². The van der Waals surface area contributed by atoms with Crippen LogP contribution in [0.4, 0.5) is 0 Å². The molecule has 1 saturated heterocycles. The first-order valence-corrected chi connectivity index (χ1v) is 8.41. The summed E-state index contributed by atoms with van der Waals surface area (Å²) in [4.78, 5) is 4.23. The fraction of sp³-hybridized carbons (Fsp3) is 0.750. The van der Waals surface area contributed by atoms with E-state index in [-0.39, 0.29) is 5.54 Å². The van der Waals surface area contributed by atoms with E-state index in [1.54, 1.807) is 0 Å². The Morgan fingerprint density at radius 2 is 2.32 bits per heavy atom. The third kappa shape index (κ3) is 4.04. The molecule has 0 amide bonds. The molecule has 1 fully saturated rings. The maximum absolute atomic E-state index is 3.71. The summed E-state index contributed by atoms with van der Waals surface area (Å²) in [5, 5.41) is 5.89. The topological polar surface area (TPSA) is 15.3 Å². The Hall–Kier alpha value is -0.380. The minimum Gasteiger partial charge on any atom is -0.309 e. The Morgan fingerprint density at radius 3 is 2.95 bits per heavy atom. The zero-order valence-electron chi connectivity index (χ0n) is 12.8. The maximum atomic E-state index is 3.71. The van der Waals surface area contributed by atoms with E-state index in [1.165, 1.54) is 24.3 Å². The SMILES string of the molecule is CCC(C)C1CNC(C)(C)CN1CCc1cccs1. The zero-order valence-corrected chi connectivity index (χ0v) is 13.6. The fourth-order valence-corrected chi connectivity index (χ4v) is 3.68. The lowest BCUT2D eigenvalue weighted by atomic mass is 9.90. The molecule has 1 N–H and O–H groups in total. The van der Waals surface area contributed by atoms with E-state index >= 15 is 0 Å². The number of thiophene rings is 1. The van der Waals surface area contributed by atoms with Crippen LogP contribution in [0, 0.1) is 5.92 Å². The van der Waals surface area contributed by atoms with Gasteiger partial charge in [-0.2, -0.15) is 0 Å². The molecule has 2 atom stereocenters. The summed E-state index contributed by atoms with van der Waals surface area (Å²) in [6.45, 7) is 12.8. The van der Waals surface area contributed by atoms with Crippen LogP contribution in [-0.4, -0.2) is 36.1 Å². The van der Waals surface area contributed by atoms with Crippen molar-refractivity contribution < 1.29 is 0 Å². The van der Waals surface area contributed by atoms with Crippen molar-refractivity contribution in [3.05, 3.63) is 22.4 Å². The Bertz CT molecular complexity index is 372. The second-order valence-corrected chi connectivity index (χ2v) is 7.55.